The number of aldehydes is 1. The van der Waals surface area contributed by atoms with Crippen LogP contribution in [-0.4, -0.2) is 12.1 Å². The monoisotopic (exact) mass is 202 g/mol. The molecule has 0 amide bonds. The predicted octanol–water partition coefficient (Wildman–Crippen LogP) is 2.64. The van der Waals surface area contributed by atoms with Gasteiger partial charge < -0.3 is 4.79 Å². The molecular formula is C13H14O2. The zero-order valence-corrected chi connectivity index (χ0v) is 8.56. The molecule has 0 saturated heterocycles. The maximum absolute atomic E-state index is 11.3. The van der Waals surface area contributed by atoms with E-state index in [2.05, 4.69) is 0 Å². The van der Waals surface area contributed by atoms with E-state index in [4.69, 9.17) is 0 Å². The highest BCUT2D eigenvalue weighted by Gasteiger charge is 1.95. The molecule has 1 aromatic rings. The topological polar surface area (TPSA) is 34.1 Å². The Hall–Kier alpha value is -1.70. The van der Waals surface area contributed by atoms with E-state index in [1.807, 2.05) is 30.3 Å². The number of unbranched alkanes of at least 4 members (excludes halogenated alkanes) is 1. The minimum atomic E-state index is 0.0701. The fraction of sp³-hybridized carbons (Fsp3) is 0.231. The summed E-state index contributed by atoms with van der Waals surface area (Å²) in [4.78, 5) is 21.3. The second-order valence-electron chi connectivity index (χ2n) is 3.27. The molecule has 0 atom stereocenters. The molecule has 0 unspecified atom stereocenters. The van der Waals surface area contributed by atoms with Crippen molar-refractivity contribution in [2.24, 2.45) is 0 Å². The van der Waals surface area contributed by atoms with Crippen LogP contribution in [0.25, 0.3) is 6.08 Å². The third kappa shape index (κ3) is 4.91. The van der Waals surface area contributed by atoms with Crippen LogP contribution in [0.2, 0.25) is 0 Å². The highest BCUT2D eigenvalue weighted by molar-refractivity contribution is 5.93. The Kier molecular flexibility index (Phi) is 5.09. The van der Waals surface area contributed by atoms with Crippen molar-refractivity contribution < 1.29 is 9.59 Å². The van der Waals surface area contributed by atoms with E-state index in [9.17, 15) is 9.59 Å². The van der Waals surface area contributed by atoms with Crippen LogP contribution in [0.4, 0.5) is 0 Å². The SMILES string of the molecule is O=CCCCC(=O)C=Cc1ccccc1. The van der Waals surface area contributed by atoms with Crippen molar-refractivity contribution in [3.05, 3.63) is 42.0 Å². The molecule has 2 nitrogen and oxygen atoms in total. The first-order valence-electron chi connectivity index (χ1n) is 5.02. The summed E-state index contributed by atoms with van der Waals surface area (Å²) in [5, 5.41) is 0. The van der Waals surface area contributed by atoms with E-state index < -0.39 is 0 Å². The smallest absolute Gasteiger partial charge is 0.155 e. The van der Waals surface area contributed by atoms with Crippen LogP contribution in [0.15, 0.2) is 36.4 Å². The van der Waals surface area contributed by atoms with Gasteiger partial charge in [0, 0.05) is 12.8 Å². The van der Waals surface area contributed by atoms with Gasteiger partial charge in [-0.1, -0.05) is 36.4 Å². The minimum Gasteiger partial charge on any atom is -0.303 e. The molecule has 0 aromatic heterocycles. The number of rotatable bonds is 6. The first kappa shape index (κ1) is 11.4. The summed E-state index contributed by atoms with van der Waals surface area (Å²) in [5.41, 5.74) is 1.02. The highest BCUT2D eigenvalue weighted by Crippen LogP contribution is 2.02. The molecular weight excluding hydrogens is 188 g/mol. The molecule has 0 radical (unpaired) electrons. The number of ketones is 1. The van der Waals surface area contributed by atoms with Crippen molar-refractivity contribution in [1.29, 1.82) is 0 Å². The van der Waals surface area contributed by atoms with Crippen molar-refractivity contribution in [2.75, 3.05) is 0 Å². The van der Waals surface area contributed by atoms with Crippen molar-refractivity contribution in [3.8, 4) is 0 Å². The van der Waals surface area contributed by atoms with Gasteiger partial charge in [-0.3, -0.25) is 4.79 Å². The van der Waals surface area contributed by atoms with Crippen molar-refractivity contribution in [1.82, 2.24) is 0 Å². The van der Waals surface area contributed by atoms with Crippen molar-refractivity contribution in [3.63, 3.8) is 0 Å². The minimum absolute atomic E-state index is 0.0701. The average Bonchev–Trinajstić information content (AvgIpc) is 2.28. The van der Waals surface area contributed by atoms with Gasteiger partial charge in [0.05, 0.1) is 0 Å². The molecule has 0 fully saturated rings. The zero-order valence-electron chi connectivity index (χ0n) is 8.56. The Bertz CT molecular complexity index is 339. The number of carbonyl (C=O) groups is 2. The van der Waals surface area contributed by atoms with Crippen LogP contribution in [0.1, 0.15) is 24.8 Å². The van der Waals surface area contributed by atoms with Gasteiger partial charge in [-0.25, -0.2) is 0 Å². The van der Waals surface area contributed by atoms with Crippen LogP contribution in [0.3, 0.4) is 0 Å². The second-order valence-corrected chi connectivity index (χ2v) is 3.27. The predicted molar refractivity (Wildman–Crippen MR) is 60.4 cm³/mol. The van der Waals surface area contributed by atoms with Crippen LogP contribution < -0.4 is 0 Å². The molecule has 0 aliphatic heterocycles. The molecule has 0 spiro atoms. The number of benzene rings is 1. The number of carbonyl (C=O) groups excluding carboxylic acids is 2. The number of hydrogen-bond donors (Lipinski definition) is 0. The lowest BCUT2D eigenvalue weighted by molar-refractivity contribution is -0.114. The lowest BCUT2D eigenvalue weighted by atomic mass is 10.1. The van der Waals surface area contributed by atoms with Gasteiger partial charge in [0.1, 0.15) is 6.29 Å². The molecule has 1 rings (SSSR count). The van der Waals surface area contributed by atoms with Gasteiger partial charge in [0.15, 0.2) is 5.78 Å². The third-order valence-electron chi connectivity index (χ3n) is 2.01. The van der Waals surface area contributed by atoms with Crippen molar-refractivity contribution >= 4 is 18.1 Å². The fourth-order valence-corrected chi connectivity index (χ4v) is 1.20. The van der Waals surface area contributed by atoms with Gasteiger partial charge in [-0.05, 0) is 18.1 Å². The van der Waals surface area contributed by atoms with Gasteiger partial charge >= 0.3 is 0 Å². The van der Waals surface area contributed by atoms with E-state index in [1.54, 1.807) is 12.2 Å². The molecule has 0 saturated carbocycles. The molecule has 0 aliphatic rings. The van der Waals surface area contributed by atoms with Gasteiger partial charge in [-0.2, -0.15) is 0 Å². The van der Waals surface area contributed by atoms with Gasteiger partial charge in [0.25, 0.3) is 0 Å². The summed E-state index contributed by atoms with van der Waals surface area (Å²) in [7, 11) is 0. The van der Waals surface area contributed by atoms with E-state index >= 15 is 0 Å². The van der Waals surface area contributed by atoms with E-state index in [1.165, 1.54) is 0 Å². The summed E-state index contributed by atoms with van der Waals surface area (Å²) in [6.45, 7) is 0. The second kappa shape index (κ2) is 6.71. The normalized spacial score (nSPS) is 10.4. The molecule has 2 heteroatoms. The first-order chi connectivity index (χ1) is 7.33. The van der Waals surface area contributed by atoms with Crippen LogP contribution in [0, 0.1) is 0 Å². The number of allylic oxidation sites excluding steroid dienone is 1. The summed E-state index contributed by atoms with van der Waals surface area (Å²) in [5.74, 6) is 0.0701. The van der Waals surface area contributed by atoms with Crippen LogP contribution >= 0.6 is 0 Å². The Balaban J connectivity index is 2.37. The Morgan fingerprint density at radius 2 is 1.93 bits per heavy atom. The molecule has 1 aromatic carbocycles. The lowest BCUT2D eigenvalue weighted by Crippen LogP contribution is -1.92. The Morgan fingerprint density at radius 3 is 2.60 bits per heavy atom. The zero-order chi connectivity index (χ0) is 10.9. The molecule has 15 heavy (non-hydrogen) atoms. The summed E-state index contributed by atoms with van der Waals surface area (Å²) < 4.78 is 0. The summed E-state index contributed by atoms with van der Waals surface area (Å²) in [6.07, 6.45) is 5.76. The Labute approximate surface area is 89.6 Å². The average molecular weight is 202 g/mol. The lowest BCUT2D eigenvalue weighted by Gasteiger charge is -1.92. The number of hydrogen-bond acceptors (Lipinski definition) is 2. The van der Waals surface area contributed by atoms with E-state index in [-0.39, 0.29) is 5.78 Å². The standard InChI is InChI=1S/C13H14O2/c14-11-5-4-8-13(15)10-9-12-6-2-1-3-7-12/h1-3,6-7,9-11H,4-5,8H2. The van der Waals surface area contributed by atoms with Crippen molar-refractivity contribution in [2.45, 2.75) is 19.3 Å². The fourth-order valence-electron chi connectivity index (χ4n) is 1.20. The van der Waals surface area contributed by atoms with E-state index in [0.29, 0.717) is 19.3 Å². The molecule has 0 N–H and O–H groups in total. The quantitative estimate of drug-likeness (QED) is 0.403. The molecule has 0 heterocycles. The third-order valence-corrected chi connectivity index (χ3v) is 2.01. The van der Waals surface area contributed by atoms with Crippen LogP contribution in [0.5, 0.6) is 0 Å². The highest BCUT2D eigenvalue weighted by atomic mass is 16.1. The summed E-state index contributed by atoms with van der Waals surface area (Å²) >= 11 is 0. The summed E-state index contributed by atoms with van der Waals surface area (Å²) in [6, 6.07) is 9.67. The molecule has 0 aliphatic carbocycles. The largest absolute Gasteiger partial charge is 0.303 e. The van der Waals surface area contributed by atoms with Gasteiger partial charge in [0.2, 0.25) is 0 Å². The maximum atomic E-state index is 11.3. The van der Waals surface area contributed by atoms with E-state index in [0.717, 1.165) is 11.8 Å². The first-order valence-corrected chi connectivity index (χ1v) is 5.02. The molecule has 0 bridgehead atoms. The maximum Gasteiger partial charge on any atom is 0.155 e. The Morgan fingerprint density at radius 1 is 1.20 bits per heavy atom. The molecule has 78 valence electrons. The van der Waals surface area contributed by atoms with Gasteiger partial charge in [-0.15, -0.1) is 0 Å². The van der Waals surface area contributed by atoms with Crippen LogP contribution in [-0.2, 0) is 9.59 Å².